The minimum atomic E-state index is -3.62. The van der Waals surface area contributed by atoms with Gasteiger partial charge in [-0.2, -0.15) is 4.31 Å². The molecule has 9 nitrogen and oxygen atoms in total. The highest BCUT2D eigenvalue weighted by atomic mass is 32.2. The maximum Gasteiger partial charge on any atom is 0.325 e. The fourth-order valence-electron chi connectivity index (χ4n) is 4.30. The molecule has 1 aliphatic rings. The Morgan fingerprint density at radius 1 is 0.972 bits per heavy atom. The molecule has 0 aromatic heterocycles. The van der Waals surface area contributed by atoms with Crippen LogP contribution >= 0.6 is 0 Å². The zero-order chi connectivity index (χ0) is 26.1. The van der Waals surface area contributed by atoms with E-state index in [1.54, 1.807) is 26.8 Å². The highest BCUT2D eigenvalue weighted by Crippen LogP contribution is 2.31. The molecular weight excluding hydrogens is 480 g/mol. The molecule has 1 aliphatic heterocycles. The number of nitrogens with zero attached hydrogens (tertiary/aromatic N) is 2. The van der Waals surface area contributed by atoms with E-state index in [0.29, 0.717) is 24.3 Å². The van der Waals surface area contributed by atoms with Crippen LogP contribution in [-0.2, 0) is 25.2 Å². The molecular formula is C26H28N4O5S. The molecule has 4 rings (SSSR count). The molecule has 3 aromatic carbocycles. The standard InChI is InChI=1S/C26H28N4O5S/c1-4-29(5-2)36(34,35)22-14-12-21(13-15-22)27-23(31)17-30-24(32)26(3,28-25(30)33)20-11-10-18-8-6-7-9-19(18)16-20/h6-16H,4-5,17H2,1-3H3,(H,27,31)(H,28,33)/t26-/m1/s1. The number of nitrogens with one attached hydrogen (secondary N) is 2. The van der Waals surface area contributed by atoms with Gasteiger partial charge in [-0.05, 0) is 53.6 Å². The first kappa shape index (κ1) is 25.3. The first-order valence-electron chi connectivity index (χ1n) is 11.6. The summed E-state index contributed by atoms with van der Waals surface area (Å²) < 4.78 is 26.6. The van der Waals surface area contributed by atoms with Crippen LogP contribution in [0.1, 0.15) is 26.3 Å². The van der Waals surface area contributed by atoms with Gasteiger partial charge < -0.3 is 10.6 Å². The summed E-state index contributed by atoms with van der Waals surface area (Å²) in [5, 5.41) is 7.27. The predicted molar refractivity (Wildman–Crippen MR) is 137 cm³/mol. The molecule has 1 atom stereocenters. The van der Waals surface area contributed by atoms with Crippen molar-refractivity contribution in [2.75, 3.05) is 25.0 Å². The van der Waals surface area contributed by atoms with Crippen molar-refractivity contribution in [3.63, 3.8) is 0 Å². The lowest BCUT2D eigenvalue weighted by atomic mass is 9.90. The number of hydrogen-bond acceptors (Lipinski definition) is 5. The Hall–Kier alpha value is -3.76. The molecule has 0 spiro atoms. The number of sulfonamides is 1. The number of rotatable bonds is 8. The normalized spacial score (nSPS) is 18.1. The van der Waals surface area contributed by atoms with Gasteiger partial charge in [0.25, 0.3) is 5.91 Å². The Morgan fingerprint density at radius 3 is 2.25 bits per heavy atom. The lowest BCUT2D eigenvalue weighted by Gasteiger charge is -2.22. The summed E-state index contributed by atoms with van der Waals surface area (Å²) in [5.41, 5.74) is -0.336. The first-order chi connectivity index (χ1) is 17.1. The van der Waals surface area contributed by atoms with Crippen LogP contribution in [0, 0.1) is 0 Å². The summed E-state index contributed by atoms with van der Waals surface area (Å²) in [6.45, 7) is 5.35. The fourth-order valence-corrected chi connectivity index (χ4v) is 5.76. The topological polar surface area (TPSA) is 116 Å². The van der Waals surface area contributed by atoms with Crippen LogP contribution in [0.15, 0.2) is 71.6 Å². The van der Waals surface area contributed by atoms with Gasteiger partial charge in [0.05, 0.1) is 4.90 Å². The second-order valence-electron chi connectivity index (χ2n) is 8.67. The SMILES string of the molecule is CCN(CC)S(=O)(=O)c1ccc(NC(=O)CN2C(=O)N[C@](C)(c3ccc4ccccc4c3)C2=O)cc1. The summed E-state index contributed by atoms with van der Waals surface area (Å²) >= 11 is 0. The zero-order valence-electron chi connectivity index (χ0n) is 20.3. The molecule has 0 radical (unpaired) electrons. The smallest absolute Gasteiger partial charge is 0.325 e. The average molecular weight is 509 g/mol. The minimum absolute atomic E-state index is 0.115. The Morgan fingerprint density at radius 2 is 1.61 bits per heavy atom. The summed E-state index contributed by atoms with van der Waals surface area (Å²) in [4.78, 5) is 39.5. The minimum Gasteiger partial charge on any atom is -0.325 e. The van der Waals surface area contributed by atoms with Gasteiger partial charge in [-0.15, -0.1) is 0 Å². The molecule has 1 saturated heterocycles. The molecule has 188 valence electrons. The number of benzene rings is 3. The summed E-state index contributed by atoms with van der Waals surface area (Å²) in [7, 11) is -3.62. The molecule has 4 amide bonds. The van der Waals surface area contributed by atoms with E-state index in [1.165, 1.54) is 28.6 Å². The summed E-state index contributed by atoms with van der Waals surface area (Å²) in [6.07, 6.45) is 0. The highest BCUT2D eigenvalue weighted by molar-refractivity contribution is 7.89. The van der Waals surface area contributed by atoms with Crippen molar-refractivity contribution in [3.05, 3.63) is 72.3 Å². The summed E-state index contributed by atoms with van der Waals surface area (Å²) in [5.74, 6) is -1.11. The number of fused-ring (bicyclic) bond motifs is 1. The maximum absolute atomic E-state index is 13.2. The van der Waals surface area contributed by atoms with Gasteiger partial charge in [-0.1, -0.05) is 50.2 Å². The van der Waals surface area contributed by atoms with E-state index in [2.05, 4.69) is 10.6 Å². The number of amides is 4. The van der Waals surface area contributed by atoms with Crippen LogP contribution in [-0.4, -0.2) is 55.1 Å². The van der Waals surface area contributed by atoms with Gasteiger partial charge in [0.2, 0.25) is 15.9 Å². The van der Waals surface area contributed by atoms with Gasteiger partial charge >= 0.3 is 6.03 Å². The number of urea groups is 1. The fraction of sp³-hybridized carbons (Fsp3) is 0.269. The molecule has 0 bridgehead atoms. The Balaban J connectivity index is 1.46. The second kappa shape index (κ2) is 9.71. The van der Waals surface area contributed by atoms with Crippen molar-refractivity contribution in [1.82, 2.24) is 14.5 Å². The Labute approximate surface area is 210 Å². The third-order valence-electron chi connectivity index (χ3n) is 6.38. The van der Waals surface area contributed by atoms with Crippen LogP contribution in [0.25, 0.3) is 10.8 Å². The molecule has 3 aromatic rings. The van der Waals surface area contributed by atoms with E-state index < -0.39 is 40.0 Å². The third kappa shape index (κ3) is 4.57. The Kier molecular flexibility index (Phi) is 6.83. The van der Waals surface area contributed by atoms with Crippen LogP contribution in [0.2, 0.25) is 0 Å². The monoisotopic (exact) mass is 508 g/mol. The number of hydrogen-bond donors (Lipinski definition) is 2. The van der Waals surface area contributed by atoms with Crippen molar-refractivity contribution in [2.45, 2.75) is 31.2 Å². The maximum atomic E-state index is 13.2. The van der Waals surface area contributed by atoms with Gasteiger partial charge in [0.15, 0.2) is 0 Å². The molecule has 1 heterocycles. The number of anilines is 1. The van der Waals surface area contributed by atoms with Crippen LogP contribution in [0.3, 0.4) is 0 Å². The quantitative estimate of drug-likeness (QED) is 0.453. The van der Waals surface area contributed by atoms with E-state index in [1.807, 2.05) is 36.4 Å². The lowest BCUT2D eigenvalue weighted by molar-refractivity contribution is -0.133. The predicted octanol–water partition coefficient (Wildman–Crippen LogP) is 3.28. The largest absolute Gasteiger partial charge is 0.325 e. The van der Waals surface area contributed by atoms with Gasteiger partial charge in [0.1, 0.15) is 12.1 Å². The Bertz CT molecular complexity index is 1430. The van der Waals surface area contributed by atoms with E-state index in [9.17, 15) is 22.8 Å². The van der Waals surface area contributed by atoms with Crippen LogP contribution in [0.5, 0.6) is 0 Å². The third-order valence-corrected chi connectivity index (χ3v) is 8.45. The van der Waals surface area contributed by atoms with E-state index in [-0.39, 0.29) is 4.90 Å². The number of imide groups is 1. The van der Waals surface area contributed by atoms with Gasteiger partial charge in [-0.25, -0.2) is 13.2 Å². The molecule has 0 saturated carbocycles. The van der Waals surface area contributed by atoms with Crippen LogP contribution in [0.4, 0.5) is 10.5 Å². The van der Waals surface area contributed by atoms with E-state index >= 15 is 0 Å². The van der Waals surface area contributed by atoms with Crippen molar-refractivity contribution >= 4 is 44.3 Å². The van der Waals surface area contributed by atoms with Gasteiger partial charge in [0, 0.05) is 18.8 Å². The molecule has 2 N–H and O–H groups in total. The summed E-state index contributed by atoms with van der Waals surface area (Å²) in [6, 6.07) is 18.3. The van der Waals surface area contributed by atoms with E-state index in [4.69, 9.17) is 0 Å². The lowest BCUT2D eigenvalue weighted by Crippen LogP contribution is -2.42. The van der Waals surface area contributed by atoms with E-state index in [0.717, 1.165) is 15.7 Å². The molecule has 36 heavy (non-hydrogen) atoms. The highest BCUT2D eigenvalue weighted by Gasteiger charge is 2.49. The van der Waals surface area contributed by atoms with Crippen LogP contribution < -0.4 is 10.6 Å². The van der Waals surface area contributed by atoms with Crippen molar-refractivity contribution in [3.8, 4) is 0 Å². The molecule has 0 aliphatic carbocycles. The van der Waals surface area contributed by atoms with Crippen molar-refractivity contribution < 1.29 is 22.8 Å². The van der Waals surface area contributed by atoms with Crippen molar-refractivity contribution in [1.29, 1.82) is 0 Å². The molecule has 10 heteroatoms. The van der Waals surface area contributed by atoms with Gasteiger partial charge in [-0.3, -0.25) is 14.5 Å². The average Bonchev–Trinajstić information content (AvgIpc) is 3.08. The number of carbonyl (C=O) groups is 3. The van der Waals surface area contributed by atoms with Crippen molar-refractivity contribution in [2.24, 2.45) is 0 Å². The molecule has 1 fully saturated rings. The second-order valence-corrected chi connectivity index (χ2v) is 10.6. The zero-order valence-corrected chi connectivity index (χ0v) is 21.1. The molecule has 0 unspecified atom stereocenters. The number of carbonyl (C=O) groups excluding carboxylic acids is 3. The first-order valence-corrected chi connectivity index (χ1v) is 13.1.